The molecule has 2 atom stereocenters. The first kappa shape index (κ1) is 15.8. The van der Waals surface area contributed by atoms with Gasteiger partial charge in [0.1, 0.15) is 5.76 Å². The molecule has 1 N–H and O–H groups in total. The monoisotopic (exact) mass is 351 g/mol. The van der Waals surface area contributed by atoms with Crippen LogP contribution in [0.2, 0.25) is 0 Å². The molecule has 2 unspecified atom stereocenters. The standard InChI is InChI=1S/C16H18BrNO3/c1-10(12-4-6-13(17)7-5-12)18-11(2)14-8-9-15(21-14)16(19)20-3/h4-11,18H,1-3H3. The van der Waals surface area contributed by atoms with E-state index in [1.54, 1.807) is 12.1 Å². The summed E-state index contributed by atoms with van der Waals surface area (Å²) >= 11 is 3.43. The minimum absolute atomic E-state index is 0.0120. The lowest BCUT2D eigenvalue weighted by molar-refractivity contribution is 0.0562. The Morgan fingerprint density at radius 1 is 1.14 bits per heavy atom. The third-order valence-corrected chi connectivity index (χ3v) is 3.84. The zero-order valence-corrected chi connectivity index (χ0v) is 13.8. The number of hydrogen-bond acceptors (Lipinski definition) is 4. The van der Waals surface area contributed by atoms with Crippen molar-refractivity contribution in [1.82, 2.24) is 5.32 Å². The Balaban J connectivity index is 2.03. The molecule has 0 amide bonds. The van der Waals surface area contributed by atoms with Crippen LogP contribution in [0.5, 0.6) is 0 Å². The number of carbonyl (C=O) groups is 1. The Morgan fingerprint density at radius 2 is 1.81 bits per heavy atom. The van der Waals surface area contributed by atoms with E-state index in [1.807, 2.05) is 19.1 Å². The van der Waals surface area contributed by atoms with Gasteiger partial charge in [0.25, 0.3) is 0 Å². The Morgan fingerprint density at radius 3 is 2.43 bits per heavy atom. The van der Waals surface area contributed by atoms with Crippen LogP contribution >= 0.6 is 15.9 Å². The number of carbonyl (C=O) groups excluding carboxylic acids is 1. The Labute approximate surface area is 132 Å². The van der Waals surface area contributed by atoms with E-state index in [2.05, 4.69) is 45.0 Å². The van der Waals surface area contributed by atoms with Gasteiger partial charge in [-0.2, -0.15) is 0 Å². The number of methoxy groups -OCH3 is 1. The molecule has 4 nitrogen and oxygen atoms in total. The summed E-state index contributed by atoms with van der Waals surface area (Å²) in [7, 11) is 1.34. The van der Waals surface area contributed by atoms with Crippen LogP contribution < -0.4 is 5.32 Å². The molecule has 1 aromatic carbocycles. The smallest absolute Gasteiger partial charge is 0.373 e. The highest BCUT2D eigenvalue weighted by molar-refractivity contribution is 9.10. The molecular formula is C16H18BrNO3. The van der Waals surface area contributed by atoms with Crippen LogP contribution in [-0.4, -0.2) is 13.1 Å². The molecule has 0 aliphatic carbocycles. The zero-order valence-electron chi connectivity index (χ0n) is 12.2. The summed E-state index contributed by atoms with van der Waals surface area (Å²) < 4.78 is 11.2. The molecule has 5 heteroatoms. The fourth-order valence-corrected chi connectivity index (χ4v) is 2.37. The molecule has 0 saturated carbocycles. The largest absolute Gasteiger partial charge is 0.463 e. The first-order valence-electron chi connectivity index (χ1n) is 6.71. The van der Waals surface area contributed by atoms with Crippen molar-refractivity contribution in [2.45, 2.75) is 25.9 Å². The number of benzene rings is 1. The van der Waals surface area contributed by atoms with Crippen molar-refractivity contribution in [3.05, 3.63) is 58.0 Å². The molecule has 0 fully saturated rings. The van der Waals surface area contributed by atoms with E-state index in [9.17, 15) is 4.79 Å². The second-order valence-electron chi connectivity index (χ2n) is 4.86. The maximum atomic E-state index is 11.4. The first-order valence-corrected chi connectivity index (χ1v) is 7.50. The van der Waals surface area contributed by atoms with Gasteiger partial charge in [0, 0.05) is 10.5 Å². The summed E-state index contributed by atoms with van der Waals surface area (Å²) in [5.41, 5.74) is 1.18. The molecule has 21 heavy (non-hydrogen) atoms. The number of esters is 1. The van der Waals surface area contributed by atoms with Crippen LogP contribution in [0.4, 0.5) is 0 Å². The first-order chi connectivity index (χ1) is 10.0. The fraction of sp³-hybridized carbons (Fsp3) is 0.312. The van der Waals surface area contributed by atoms with Crippen LogP contribution in [0, 0.1) is 0 Å². The summed E-state index contributed by atoms with van der Waals surface area (Å²) in [4.78, 5) is 11.4. The highest BCUT2D eigenvalue weighted by Gasteiger charge is 2.17. The Bertz CT molecular complexity index is 606. The minimum atomic E-state index is -0.464. The molecule has 2 aromatic rings. The number of hydrogen-bond donors (Lipinski definition) is 1. The molecule has 112 valence electrons. The van der Waals surface area contributed by atoms with Crippen LogP contribution in [0.15, 0.2) is 45.3 Å². The molecule has 0 saturated heterocycles. The van der Waals surface area contributed by atoms with Crippen molar-refractivity contribution in [2.24, 2.45) is 0 Å². The third kappa shape index (κ3) is 3.95. The van der Waals surface area contributed by atoms with Crippen molar-refractivity contribution in [3.8, 4) is 0 Å². The maximum absolute atomic E-state index is 11.4. The van der Waals surface area contributed by atoms with E-state index in [-0.39, 0.29) is 17.8 Å². The van der Waals surface area contributed by atoms with Crippen molar-refractivity contribution in [2.75, 3.05) is 7.11 Å². The predicted molar refractivity (Wildman–Crippen MR) is 84.2 cm³/mol. The summed E-state index contributed by atoms with van der Waals surface area (Å²) in [5, 5.41) is 3.44. The van der Waals surface area contributed by atoms with Gasteiger partial charge < -0.3 is 14.5 Å². The summed E-state index contributed by atoms with van der Waals surface area (Å²) in [6.07, 6.45) is 0. The van der Waals surface area contributed by atoms with Gasteiger partial charge in [-0.05, 0) is 43.7 Å². The van der Waals surface area contributed by atoms with Crippen LogP contribution in [0.3, 0.4) is 0 Å². The minimum Gasteiger partial charge on any atom is -0.463 e. The van der Waals surface area contributed by atoms with E-state index in [0.29, 0.717) is 5.76 Å². The average Bonchev–Trinajstić information content (AvgIpc) is 2.97. The summed E-state index contributed by atoms with van der Waals surface area (Å²) in [6, 6.07) is 11.7. The van der Waals surface area contributed by atoms with Crippen molar-refractivity contribution in [3.63, 3.8) is 0 Å². The predicted octanol–water partition coefficient (Wildman–Crippen LogP) is 4.24. The highest BCUT2D eigenvalue weighted by Crippen LogP contribution is 2.22. The van der Waals surface area contributed by atoms with E-state index in [4.69, 9.17) is 4.42 Å². The van der Waals surface area contributed by atoms with Gasteiger partial charge >= 0.3 is 5.97 Å². The van der Waals surface area contributed by atoms with E-state index >= 15 is 0 Å². The maximum Gasteiger partial charge on any atom is 0.373 e. The van der Waals surface area contributed by atoms with Gasteiger partial charge in [0.15, 0.2) is 0 Å². The topological polar surface area (TPSA) is 51.5 Å². The van der Waals surface area contributed by atoms with E-state index in [1.165, 1.54) is 12.7 Å². The van der Waals surface area contributed by atoms with Crippen LogP contribution in [0.25, 0.3) is 0 Å². The molecule has 1 aromatic heterocycles. The van der Waals surface area contributed by atoms with Gasteiger partial charge in [-0.15, -0.1) is 0 Å². The van der Waals surface area contributed by atoms with Gasteiger partial charge in [0.05, 0.1) is 13.2 Å². The van der Waals surface area contributed by atoms with E-state index < -0.39 is 5.97 Å². The third-order valence-electron chi connectivity index (χ3n) is 3.31. The lowest BCUT2D eigenvalue weighted by atomic mass is 10.1. The molecule has 0 spiro atoms. The average molecular weight is 352 g/mol. The van der Waals surface area contributed by atoms with E-state index in [0.717, 1.165) is 4.47 Å². The molecule has 0 aliphatic rings. The number of furan rings is 1. The summed E-state index contributed by atoms with van der Waals surface area (Å²) in [5.74, 6) is 0.464. The van der Waals surface area contributed by atoms with Gasteiger partial charge in [-0.3, -0.25) is 0 Å². The second kappa shape index (κ2) is 6.91. The number of halogens is 1. The lowest BCUT2D eigenvalue weighted by Gasteiger charge is -2.19. The molecule has 1 heterocycles. The second-order valence-corrected chi connectivity index (χ2v) is 5.77. The molecule has 0 aliphatic heterocycles. The van der Waals surface area contributed by atoms with Crippen molar-refractivity contribution in [1.29, 1.82) is 0 Å². The van der Waals surface area contributed by atoms with Crippen molar-refractivity contribution < 1.29 is 13.9 Å². The zero-order chi connectivity index (χ0) is 15.4. The molecule has 0 bridgehead atoms. The fourth-order valence-electron chi connectivity index (χ4n) is 2.10. The van der Waals surface area contributed by atoms with Gasteiger partial charge in [0.2, 0.25) is 5.76 Å². The van der Waals surface area contributed by atoms with Gasteiger partial charge in [-0.25, -0.2) is 4.79 Å². The number of ether oxygens (including phenoxy) is 1. The van der Waals surface area contributed by atoms with Gasteiger partial charge in [-0.1, -0.05) is 28.1 Å². The molecule has 2 rings (SSSR count). The van der Waals surface area contributed by atoms with Crippen LogP contribution in [-0.2, 0) is 4.74 Å². The Hall–Kier alpha value is -1.59. The lowest BCUT2D eigenvalue weighted by Crippen LogP contribution is -2.22. The normalized spacial score (nSPS) is 13.7. The summed E-state index contributed by atoms with van der Waals surface area (Å²) in [6.45, 7) is 4.08. The Kier molecular flexibility index (Phi) is 5.20. The number of rotatable bonds is 5. The van der Waals surface area contributed by atoms with Crippen LogP contribution in [0.1, 0.15) is 47.8 Å². The SMILES string of the molecule is COC(=O)c1ccc(C(C)NC(C)c2ccc(Br)cc2)o1. The number of nitrogens with one attached hydrogen (secondary N) is 1. The molecule has 0 radical (unpaired) electrons. The quantitative estimate of drug-likeness (QED) is 0.818. The van der Waals surface area contributed by atoms with Crippen molar-refractivity contribution >= 4 is 21.9 Å². The molecular weight excluding hydrogens is 334 g/mol. The highest BCUT2D eigenvalue weighted by atomic mass is 79.9.